The lowest BCUT2D eigenvalue weighted by Crippen LogP contribution is -2.37. The van der Waals surface area contributed by atoms with Crippen molar-refractivity contribution in [2.45, 2.75) is 26.3 Å². The lowest BCUT2D eigenvalue weighted by Gasteiger charge is -2.25. The molecular weight excluding hydrogens is 252 g/mol. The van der Waals surface area contributed by atoms with Crippen LogP contribution in [0.25, 0.3) is 11.1 Å². The minimum absolute atomic E-state index is 0.595. The molecule has 5 heteroatoms. The van der Waals surface area contributed by atoms with E-state index in [9.17, 15) is 0 Å². The Labute approximate surface area is 119 Å². The van der Waals surface area contributed by atoms with E-state index in [4.69, 9.17) is 10.2 Å². The molecule has 2 aromatic rings. The maximum atomic E-state index is 5.94. The number of rotatable bonds is 4. The van der Waals surface area contributed by atoms with E-state index in [2.05, 4.69) is 28.6 Å². The van der Waals surface area contributed by atoms with Gasteiger partial charge in [0.15, 0.2) is 5.58 Å². The highest BCUT2D eigenvalue weighted by Gasteiger charge is 2.29. The lowest BCUT2D eigenvalue weighted by molar-refractivity contribution is 0.232. The minimum atomic E-state index is 0.595. The minimum Gasteiger partial charge on any atom is -0.423 e. The highest BCUT2D eigenvalue weighted by atomic mass is 16.4. The number of hydrogen-bond donors (Lipinski definition) is 1. The van der Waals surface area contributed by atoms with Gasteiger partial charge in [0.05, 0.1) is 5.69 Å². The average Bonchev–Trinajstić information content (AvgIpc) is 3.07. The van der Waals surface area contributed by atoms with Crippen molar-refractivity contribution in [2.75, 3.05) is 36.8 Å². The summed E-state index contributed by atoms with van der Waals surface area (Å²) in [5.74, 6) is 0. The van der Waals surface area contributed by atoms with Crippen LogP contribution in [0.1, 0.15) is 20.3 Å². The Hall–Kier alpha value is -1.75. The summed E-state index contributed by atoms with van der Waals surface area (Å²) in [5.41, 5.74) is 8.16. The summed E-state index contributed by atoms with van der Waals surface area (Å²) in [6.07, 6.45) is 1.16. The topological polar surface area (TPSA) is 58.5 Å². The molecule has 0 amide bonds. The number of nitrogens with zero attached hydrogens (tertiary/aromatic N) is 3. The molecule has 1 aliphatic heterocycles. The van der Waals surface area contributed by atoms with Gasteiger partial charge in [-0.2, -0.15) is 4.98 Å². The van der Waals surface area contributed by atoms with Crippen LogP contribution in [-0.4, -0.2) is 42.1 Å². The van der Waals surface area contributed by atoms with Crippen molar-refractivity contribution >= 4 is 22.8 Å². The third kappa shape index (κ3) is 2.22. The third-order valence-electron chi connectivity index (χ3n) is 4.20. The van der Waals surface area contributed by atoms with E-state index in [1.807, 2.05) is 18.2 Å². The molecule has 3 rings (SSSR count). The van der Waals surface area contributed by atoms with Crippen molar-refractivity contribution in [3.63, 3.8) is 0 Å². The van der Waals surface area contributed by atoms with E-state index in [0.29, 0.717) is 17.7 Å². The van der Waals surface area contributed by atoms with Crippen molar-refractivity contribution in [3.8, 4) is 0 Å². The summed E-state index contributed by atoms with van der Waals surface area (Å²) in [6, 6.07) is 6.97. The number of anilines is 2. The van der Waals surface area contributed by atoms with Crippen LogP contribution in [0.4, 0.5) is 11.7 Å². The van der Waals surface area contributed by atoms with Gasteiger partial charge in [0, 0.05) is 19.1 Å². The number of likely N-dealkylation sites (N-methyl/N-ethyl adjacent to an activating group) is 1. The molecule has 1 aromatic carbocycles. The Morgan fingerprint density at radius 3 is 2.90 bits per heavy atom. The first-order valence-electron chi connectivity index (χ1n) is 7.37. The van der Waals surface area contributed by atoms with Crippen molar-refractivity contribution in [3.05, 3.63) is 18.2 Å². The maximum absolute atomic E-state index is 5.94. The fraction of sp³-hybridized carbons (Fsp3) is 0.533. The molecule has 0 aliphatic carbocycles. The van der Waals surface area contributed by atoms with Gasteiger partial charge in [-0.25, -0.2) is 0 Å². The van der Waals surface area contributed by atoms with Crippen molar-refractivity contribution < 1.29 is 4.42 Å². The van der Waals surface area contributed by atoms with Gasteiger partial charge in [-0.3, -0.25) is 4.90 Å². The molecule has 1 atom stereocenters. The summed E-state index contributed by atoms with van der Waals surface area (Å²) in [6.45, 7) is 8.59. The van der Waals surface area contributed by atoms with E-state index < -0.39 is 0 Å². The van der Waals surface area contributed by atoms with Crippen molar-refractivity contribution in [1.29, 1.82) is 0 Å². The summed E-state index contributed by atoms with van der Waals surface area (Å²) in [5, 5.41) is 0. The average molecular weight is 274 g/mol. The lowest BCUT2D eigenvalue weighted by atomic mass is 10.2. The largest absolute Gasteiger partial charge is 0.423 e. The highest BCUT2D eigenvalue weighted by molar-refractivity contribution is 5.86. The van der Waals surface area contributed by atoms with Gasteiger partial charge in [0.2, 0.25) is 0 Å². The van der Waals surface area contributed by atoms with Gasteiger partial charge in [0.25, 0.3) is 6.01 Å². The van der Waals surface area contributed by atoms with Gasteiger partial charge in [-0.1, -0.05) is 19.9 Å². The molecular formula is C15H22N4O. The van der Waals surface area contributed by atoms with Crippen LogP contribution in [0.2, 0.25) is 0 Å². The number of para-hydroxylation sites is 1. The van der Waals surface area contributed by atoms with Gasteiger partial charge < -0.3 is 15.1 Å². The van der Waals surface area contributed by atoms with E-state index in [-0.39, 0.29) is 0 Å². The molecule has 0 radical (unpaired) electrons. The third-order valence-corrected chi connectivity index (χ3v) is 4.20. The maximum Gasteiger partial charge on any atom is 0.298 e. The molecule has 1 unspecified atom stereocenters. The quantitative estimate of drug-likeness (QED) is 0.867. The standard InChI is InChI=1S/C15H22N4O/c1-3-18(4-2)11-8-9-19(10-11)15-17-14-12(16)6-5-7-13(14)20-15/h5-7,11H,3-4,8-10,16H2,1-2H3. The van der Waals surface area contributed by atoms with Crippen LogP contribution in [0.5, 0.6) is 0 Å². The first-order valence-corrected chi connectivity index (χ1v) is 7.37. The van der Waals surface area contributed by atoms with Crippen molar-refractivity contribution in [1.82, 2.24) is 9.88 Å². The Morgan fingerprint density at radius 1 is 1.40 bits per heavy atom. The van der Waals surface area contributed by atoms with Crippen LogP contribution in [0.15, 0.2) is 22.6 Å². The molecule has 1 aliphatic rings. The zero-order valence-corrected chi connectivity index (χ0v) is 12.2. The van der Waals surface area contributed by atoms with Gasteiger partial charge >= 0.3 is 0 Å². The van der Waals surface area contributed by atoms with Crippen LogP contribution in [0.3, 0.4) is 0 Å². The predicted molar refractivity (Wildman–Crippen MR) is 82.0 cm³/mol. The number of hydrogen-bond acceptors (Lipinski definition) is 5. The van der Waals surface area contributed by atoms with Gasteiger partial charge in [-0.15, -0.1) is 0 Å². The number of aromatic nitrogens is 1. The SMILES string of the molecule is CCN(CC)C1CCN(c2nc3c(N)cccc3o2)C1. The number of oxazole rings is 1. The smallest absolute Gasteiger partial charge is 0.298 e. The molecule has 0 spiro atoms. The predicted octanol–water partition coefficient (Wildman–Crippen LogP) is 2.33. The fourth-order valence-corrected chi connectivity index (χ4v) is 3.05. The molecule has 1 saturated heterocycles. The first kappa shape index (κ1) is 13.2. The first-order chi connectivity index (χ1) is 9.72. The molecule has 5 nitrogen and oxygen atoms in total. The summed E-state index contributed by atoms with van der Waals surface area (Å²) in [4.78, 5) is 9.28. The van der Waals surface area contributed by atoms with Crippen LogP contribution in [0, 0.1) is 0 Å². The number of nitrogens with two attached hydrogens (primary N) is 1. The summed E-state index contributed by atoms with van der Waals surface area (Å²) < 4.78 is 5.84. The molecule has 0 bridgehead atoms. The van der Waals surface area contributed by atoms with E-state index in [0.717, 1.165) is 43.7 Å². The Morgan fingerprint density at radius 2 is 2.20 bits per heavy atom. The molecule has 2 N–H and O–H groups in total. The van der Waals surface area contributed by atoms with Crippen LogP contribution < -0.4 is 10.6 Å². The summed E-state index contributed by atoms with van der Waals surface area (Å²) in [7, 11) is 0. The molecule has 1 aromatic heterocycles. The number of nitrogen functional groups attached to an aromatic ring is 1. The van der Waals surface area contributed by atoms with Crippen LogP contribution >= 0.6 is 0 Å². The Bertz CT molecular complexity index is 591. The molecule has 2 heterocycles. The molecule has 20 heavy (non-hydrogen) atoms. The van der Waals surface area contributed by atoms with Gasteiger partial charge in [-0.05, 0) is 31.6 Å². The monoisotopic (exact) mass is 274 g/mol. The zero-order chi connectivity index (χ0) is 14.1. The molecule has 108 valence electrons. The Balaban J connectivity index is 1.81. The highest BCUT2D eigenvalue weighted by Crippen LogP contribution is 2.28. The Kier molecular flexibility index (Phi) is 3.53. The normalized spacial score (nSPS) is 19.4. The van der Waals surface area contributed by atoms with Crippen molar-refractivity contribution in [2.24, 2.45) is 0 Å². The fourth-order valence-electron chi connectivity index (χ4n) is 3.05. The number of benzene rings is 1. The second kappa shape index (κ2) is 5.32. The van der Waals surface area contributed by atoms with E-state index in [1.54, 1.807) is 0 Å². The van der Waals surface area contributed by atoms with Crippen LogP contribution in [-0.2, 0) is 0 Å². The zero-order valence-electron chi connectivity index (χ0n) is 12.2. The second-order valence-corrected chi connectivity index (χ2v) is 5.30. The number of fused-ring (bicyclic) bond motifs is 1. The summed E-state index contributed by atoms with van der Waals surface area (Å²) >= 11 is 0. The van der Waals surface area contributed by atoms with Gasteiger partial charge in [0.1, 0.15) is 5.52 Å². The van der Waals surface area contributed by atoms with E-state index >= 15 is 0 Å². The second-order valence-electron chi connectivity index (χ2n) is 5.30. The molecule has 0 saturated carbocycles. The van der Waals surface area contributed by atoms with E-state index in [1.165, 1.54) is 0 Å². The molecule has 1 fully saturated rings.